The van der Waals surface area contributed by atoms with Crippen LogP contribution in [0, 0.1) is 0 Å². The average Bonchev–Trinajstić information content (AvgIpc) is 3.03. The second-order valence-corrected chi connectivity index (χ2v) is 7.47. The Labute approximate surface area is 163 Å². The highest BCUT2D eigenvalue weighted by Gasteiger charge is 2.24. The van der Waals surface area contributed by atoms with E-state index < -0.39 is 0 Å². The third-order valence-corrected chi connectivity index (χ3v) is 5.31. The lowest BCUT2D eigenvalue weighted by Crippen LogP contribution is -2.38. The Hall–Kier alpha value is -1.59. The van der Waals surface area contributed by atoms with E-state index in [0.717, 1.165) is 24.1 Å². The number of carbonyl (C=O) groups excluding carboxylic acids is 1. The van der Waals surface area contributed by atoms with E-state index in [1.807, 2.05) is 36.4 Å². The topological polar surface area (TPSA) is 52.6 Å². The van der Waals surface area contributed by atoms with Crippen LogP contribution >= 0.6 is 23.2 Å². The standard InChI is InChI=1S/C20H22Cl2N2O2/c21-17-7-6-14(10-18(17)22)11-20(26)23-19(15-4-2-1-3-5-15)13-24-9-8-16(25)12-24/h1-7,10,16,19,25H,8-9,11-13H2,(H,23,26). The maximum Gasteiger partial charge on any atom is 0.224 e. The molecule has 0 aromatic heterocycles. The molecule has 26 heavy (non-hydrogen) atoms. The van der Waals surface area contributed by atoms with E-state index in [0.29, 0.717) is 23.1 Å². The van der Waals surface area contributed by atoms with E-state index in [-0.39, 0.29) is 24.5 Å². The van der Waals surface area contributed by atoms with Crippen molar-refractivity contribution in [2.24, 2.45) is 0 Å². The molecule has 1 fully saturated rings. The smallest absolute Gasteiger partial charge is 0.224 e. The predicted molar refractivity (Wildman–Crippen MR) is 105 cm³/mol. The summed E-state index contributed by atoms with van der Waals surface area (Å²) in [5.41, 5.74) is 1.87. The maximum atomic E-state index is 12.6. The van der Waals surface area contributed by atoms with Crippen molar-refractivity contribution in [2.45, 2.75) is 25.0 Å². The lowest BCUT2D eigenvalue weighted by atomic mass is 10.1. The molecule has 2 aromatic rings. The Balaban J connectivity index is 1.68. The number of benzene rings is 2. The van der Waals surface area contributed by atoms with E-state index >= 15 is 0 Å². The van der Waals surface area contributed by atoms with Crippen molar-refractivity contribution in [3.63, 3.8) is 0 Å². The molecular formula is C20H22Cl2N2O2. The van der Waals surface area contributed by atoms with Crippen LogP contribution in [0.25, 0.3) is 0 Å². The number of amides is 1. The quantitative estimate of drug-likeness (QED) is 0.791. The highest BCUT2D eigenvalue weighted by Crippen LogP contribution is 2.23. The molecule has 2 atom stereocenters. The number of aliphatic hydroxyl groups is 1. The Morgan fingerprint density at radius 2 is 1.96 bits per heavy atom. The fourth-order valence-electron chi connectivity index (χ4n) is 3.24. The lowest BCUT2D eigenvalue weighted by molar-refractivity contribution is -0.121. The minimum atomic E-state index is -0.279. The normalized spacial score (nSPS) is 18.7. The number of β-amino-alcohol motifs (C(OH)–C–C–N with tert-alkyl or cyclic N) is 1. The van der Waals surface area contributed by atoms with E-state index in [4.69, 9.17) is 23.2 Å². The molecule has 1 amide bonds. The summed E-state index contributed by atoms with van der Waals surface area (Å²) < 4.78 is 0. The second-order valence-electron chi connectivity index (χ2n) is 6.66. The van der Waals surface area contributed by atoms with Gasteiger partial charge in [0, 0.05) is 19.6 Å². The summed E-state index contributed by atoms with van der Waals surface area (Å²) in [7, 11) is 0. The van der Waals surface area contributed by atoms with Gasteiger partial charge in [0.05, 0.1) is 28.6 Å². The number of carbonyl (C=O) groups is 1. The summed E-state index contributed by atoms with van der Waals surface area (Å²) >= 11 is 12.0. The SMILES string of the molecule is O=C(Cc1ccc(Cl)c(Cl)c1)NC(CN1CCC(O)C1)c1ccccc1. The summed E-state index contributed by atoms with van der Waals surface area (Å²) in [6.07, 6.45) is 0.736. The van der Waals surface area contributed by atoms with Gasteiger partial charge in [-0.05, 0) is 29.7 Å². The molecule has 0 radical (unpaired) electrons. The van der Waals surface area contributed by atoms with Gasteiger partial charge < -0.3 is 10.4 Å². The van der Waals surface area contributed by atoms with Crippen LogP contribution in [0.5, 0.6) is 0 Å². The van der Waals surface area contributed by atoms with Crippen molar-refractivity contribution in [1.82, 2.24) is 10.2 Å². The van der Waals surface area contributed by atoms with Gasteiger partial charge in [0.25, 0.3) is 0 Å². The van der Waals surface area contributed by atoms with Gasteiger partial charge in [0.15, 0.2) is 0 Å². The molecule has 0 aliphatic carbocycles. The summed E-state index contributed by atoms with van der Waals surface area (Å²) in [4.78, 5) is 14.8. The molecule has 3 rings (SSSR count). The van der Waals surface area contributed by atoms with Crippen molar-refractivity contribution in [1.29, 1.82) is 0 Å². The molecule has 2 N–H and O–H groups in total. The Morgan fingerprint density at radius 1 is 1.19 bits per heavy atom. The molecule has 1 aliphatic rings. The molecule has 4 nitrogen and oxygen atoms in total. The van der Waals surface area contributed by atoms with E-state index in [2.05, 4.69) is 10.2 Å². The van der Waals surface area contributed by atoms with E-state index in [9.17, 15) is 9.90 Å². The monoisotopic (exact) mass is 392 g/mol. The van der Waals surface area contributed by atoms with Crippen LogP contribution in [0.15, 0.2) is 48.5 Å². The third kappa shape index (κ3) is 5.21. The average molecular weight is 393 g/mol. The molecule has 0 bridgehead atoms. The highest BCUT2D eigenvalue weighted by molar-refractivity contribution is 6.42. The number of aliphatic hydroxyl groups excluding tert-OH is 1. The van der Waals surface area contributed by atoms with Crippen LogP contribution in [0.3, 0.4) is 0 Å². The maximum absolute atomic E-state index is 12.6. The summed E-state index contributed by atoms with van der Waals surface area (Å²) in [5.74, 6) is -0.0722. The van der Waals surface area contributed by atoms with Crippen LogP contribution in [0.4, 0.5) is 0 Å². The number of likely N-dealkylation sites (tertiary alicyclic amines) is 1. The first kappa shape index (κ1) is 19.2. The zero-order valence-electron chi connectivity index (χ0n) is 14.4. The third-order valence-electron chi connectivity index (χ3n) is 4.57. The number of hydrogen-bond acceptors (Lipinski definition) is 3. The highest BCUT2D eigenvalue weighted by atomic mass is 35.5. The molecule has 2 aromatic carbocycles. The molecular weight excluding hydrogens is 371 g/mol. The van der Waals surface area contributed by atoms with Crippen LogP contribution in [-0.2, 0) is 11.2 Å². The molecule has 1 aliphatic heterocycles. The van der Waals surface area contributed by atoms with E-state index in [1.165, 1.54) is 0 Å². The van der Waals surface area contributed by atoms with Gasteiger partial charge in [0.2, 0.25) is 5.91 Å². The predicted octanol–water partition coefficient (Wildman–Crippen LogP) is 3.46. The summed E-state index contributed by atoms with van der Waals surface area (Å²) in [6, 6.07) is 15.0. The first-order chi connectivity index (χ1) is 12.5. The zero-order chi connectivity index (χ0) is 18.5. The first-order valence-corrected chi connectivity index (χ1v) is 9.45. The Kier molecular flexibility index (Phi) is 6.54. The van der Waals surface area contributed by atoms with Crippen molar-refractivity contribution in [3.05, 3.63) is 69.7 Å². The molecule has 1 saturated heterocycles. The molecule has 2 unspecified atom stereocenters. The van der Waals surface area contributed by atoms with Gasteiger partial charge in [-0.3, -0.25) is 9.69 Å². The minimum absolute atomic E-state index is 0.0722. The van der Waals surface area contributed by atoms with Crippen LogP contribution in [0.2, 0.25) is 10.0 Å². The second kappa shape index (κ2) is 8.87. The van der Waals surface area contributed by atoms with Crippen molar-refractivity contribution in [2.75, 3.05) is 19.6 Å². The molecule has 1 heterocycles. The molecule has 138 valence electrons. The van der Waals surface area contributed by atoms with Gasteiger partial charge in [-0.1, -0.05) is 59.6 Å². The van der Waals surface area contributed by atoms with Gasteiger partial charge in [0.1, 0.15) is 0 Å². The van der Waals surface area contributed by atoms with Crippen LogP contribution in [0.1, 0.15) is 23.6 Å². The molecule has 0 saturated carbocycles. The van der Waals surface area contributed by atoms with Gasteiger partial charge in [-0.15, -0.1) is 0 Å². The zero-order valence-corrected chi connectivity index (χ0v) is 15.9. The van der Waals surface area contributed by atoms with Crippen molar-refractivity contribution in [3.8, 4) is 0 Å². The van der Waals surface area contributed by atoms with Gasteiger partial charge >= 0.3 is 0 Å². The molecule has 0 spiro atoms. The number of nitrogens with one attached hydrogen (secondary N) is 1. The fourth-order valence-corrected chi connectivity index (χ4v) is 3.56. The summed E-state index contributed by atoms with van der Waals surface area (Å²) in [5, 5.41) is 13.8. The Morgan fingerprint density at radius 3 is 2.62 bits per heavy atom. The largest absolute Gasteiger partial charge is 0.392 e. The first-order valence-electron chi connectivity index (χ1n) is 8.70. The van der Waals surface area contributed by atoms with E-state index in [1.54, 1.807) is 12.1 Å². The lowest BCUT2D eigenvalue weighted by Gasteiger charge is -2.25. The van der Waals surface area contributed by atoms with Crippen molar-refractivity contribution >= 4 is 29.1 Å². The van der Waals surface area contributed by atoms with Crippen molar-refractivity contribution < 1.29 is 9.90 Å². The summed E-state index contributed by atoms with van der Waals surface area (Å²) in [6.45, 7) is 2.16. The number of rotatable bonds is 6. The van der Waals surface area contributed by atoms with Gasteiger partial charge in [-0.2, -0.15) is 0 Å². The minimum Gasteiger partial charge on any atom is -0.392 e. The fraction of sp³-hybridized carbons (Fsp3) is 0.350. The number of halogens is 2. The number of nitrogens with zero attached hydrogens (tertiary/aromatic N) is 1. The Bertz CT molecular complexity index is 755. The number of hydrogen-bond donors (Lipinski definition) is 2. The van der Waals surface area contributed by atoms with Gasteiger partial charge in [-0.25, -0.2) is 0 Å². The van der Waals surface area contributed by atoms with Crippen LogP contribution < -0.4 is 5.32 Å². The van der Waals surface area contributed by atoms with Crippen LogP contribution in [-0.4, -0.2) is 41.7 Å². The molecule has 6 heteroatoms.